The molecule has 0 radical (unpaired) electrons. The van der Waals surface area contributed by atoms with Gasteiger partial charge >= 0.3 is 0 Å². The van der Waals surface area contributed by atoms with Crippen molar-refractivity contribution >= 4 is 29.1 Å². The molecule has 1 fully saturated rings. The normalized spacial score (nSPS) is 14.7. The first-order valence-electron chi connectivity index (χ1n) is 7.45. The Morgan fingerprint density at radius 1 is 1.18 bits per heavy atom. The van der Waals surface area contributed by atoms with Crippen LogP contribution in [-0.2, 0) is 0 Å². The number of nitrogens with one attached hydrogen (secondary N) is 1. The predicted octanol–water partition coefficient (Wildman–Crippen LogP) is 3.87. The maximum Gasteiger partial charge on any atom is 0.229 e. The van der Waals surface area contributed by atoms with Crippen LogP contribution >= 0.6 is 11.6 Å². The number of benzene rings is 1. The average molecular weight is 319 g/mol. The van der Waals surface area contributed by atoms with Gasteiger partial charge in [-0.05, 0) is 43.5 Å². The minimum atomic E-state index is 0.545. The first kappa shape index (κ1) is 14.9. The van der Waals surface area contributed by atoms with Crippen molar-refractivity contribution < 1.29 is 4.74 Å². The van der Waals surface area contributed by atoms with E-state index in [0.29, 0.717) is 16.7 Å². The summed E-state index contributed by atoms with van der Waals surface area (Å²) in [5.74, 6) is 2.21. The lowest BCUT2D eigenvalue weighted by Gasteiger charge is -2.27. The quantitative estimate of drug-likeness (QED) is 0.927. The van der Waals surface area contributed by atoms with E-state index < -0.39 is 0 Å². The molecule has 1 N–H and O–H groups in total. The average Bonchev–Trinajstić information content (AvgIpc) is 2.56. The highest BCUT2D eigenvalue weighted by Gasteiger charge is 2.13. The summed E-state index contributed by atoms with van der Waals surface area (Å²) in [6.45, 7) is 2.11. The smallest absolute Gasteiger partial charge is 0.229 e. The van der Waals surface area contributed by atoms with Crippen LogP contribution in [-0.4, -0.2) is 30.2 Å². The lowest BCUT2D eigenvalue weighted by molar-refractivity contribution is 0.417. The summed E-state index contributed by atoms with van der Waals surface area (Å²) >= 11 is 6.05. The van der Waals surface area contributed by atoms with Gasteiger partial charge in [0, 0.05) is 24.3 Å². The van der Waals surface area contributed by atoms with Gasteiger partial charge < -0.3 is 15.0 Å². The molecule has 116 valence electrons. The Morgan fingerprint density at radius 3 is 2.77 bits per heavy atom. The molecule has 2 heterocycles. The fourth-order valence-electron chi connectivity index (χ4n) is 2.61. The van der Waals surface area contributed by atoms with Crippen molar-refractivity contribution in [1.82, 2.24) is 9.97 Å². The van der Waals surface area contributed by atoms with E-state index in [1.807, 2.05) is 12.1 Å². The molecule has 3 rings (SSSR count). The zero-order valence-electron chi connectivity index (χ0n) is 12.6. The number of ether oxygens (including phenoxy) is 1. The fourth-order valence-corrected chi connectivity index (χ4v) is 2.78. The standard InChI is InChI=1S/C16H19ClN4O/c1-22-14-6-5-12(17)11-13(14)19-16-18-8-7-15(20-16)21-9-3-2-4-10-21/h5-8,11H,2-4,9-10H2,1H3,(H,18,19,20). The third-order valence-electron chi connectivity index (χ3n) is 3.73. The molecule has 0 spiro atoms. The van der Waals surface area contributed by atoms with Crippen LogP contribution in [0.25, 0.3) is 0 Å². The molecule has 5 nitrogen and oxygen atoms in total. The Labute approximate surface area is 135 Å². The minimum absolute atomic E-state index is 0.545. The molecule has 22 heavy (non-hydrogen) atoms. The van der Waals surface area contributed by atoms with E-state index in [0.717, 1.165) is 24.6 Å². The third-order valence-corrected chi connectivity index (χ3v) is 3.96. The summed E-state index contributed by atoms with van der Waals surface area (Å²) < 4.78 is 5.33. The zero-order chi connectivity index (χ0) is 15.4. The topological polar surface area (TPSA) is 50.3 Å². The molecule has 0 unspecified atom stereocenters. The van der Waals surface area contributed by atoms with Crippen molar-refractivity contribution in [1.29, 1.82) is 0 Å². The Kier molecular flexibility index (Phi) is 4.63. The molecule has 0 bridgehead atoms. The zero-order valence-corrected chi connectivity index (χ0v) is 13.3. The number of hydrogen-bond acceptors (Lipinski definition) is 5. The second kappa shape index (κ2) is 6.83. The summed E-state index contributed by atoms with van der Waals surface area (Å²) in [4.78, 5) is 11.2. The lowest BCUT2D eigenvalue weighted by Crippen LogP contribution is -2.30. The number of nitrogens with zero attached hydrogens (tertiary/aromatic N) is 3. The van der Waals surface area contributed by atoms with Crippen LogP contribution in [0.15, 0.2) is 30.5 Å². The van der Waals surface area contributed by atoms with Crippen molar-refractivity contribution in [3.8, 4) is 5.75 Å². The van der Waals surface area contributed by atoms with Crippen molar-refractivity contribution in [3.05, 3.63) is 35.5 Å². The molecule has 1 aliphatic rings. The predicted molar refractivity (Wildman–Crippen MR) is 89.4 cm³/mol. The van der Waals surface area contributed by atoms with Crippen molar-refractivity contribution in [2.45, 2.75) is 19.3 Å². The molecule has 1 aliphatic heterocycles. The van der Waals surface area contributed by atoms with E-state index in [1.54, 1.807) is 25.4 Å². The molecular weight excluding hydrogens is 300 g/mol. The van der Waals surface area contributed by atoms with E-state index in [2.05, 4.69) is 20.2 Å². The van der Waals surface area contributed by atoms with Crippen LogP contribution in [0.4, 0.5) is 17.5 Å². The SMILES string of the molecule is COc1ccc(Cl)cc1Nc1nccc(N2CCCCC2)n1. The van der Waals surface area contributed by atoms with Gasteiger partial charge in [-0.15, -0.1) is 0 Å². The Hall–Kier alpha value is -2.01. The van der Waals surface area contributed by atoms with Gasteiger partial charge in [-0.2, -0.15) is 4.98 Å². The molecule has 1 saturated heterocycles. The summed E-state index contributed by atoms with van der Waals surface area (Å²) in [6.07, 6.45) is 5.51. The van der Waals surface area contributed by atoms with Gasteiger partial charge in [0.25, 0.3) is 0 Å². The van der Waals surface area contributed by atoms with Crippen LogP contribution in [0.2, 0.25) is 5.02 Å². The largest absolute Gasteiger partial charge is 0.495 e. The van der Waals surface area contributed by atoms with Crippen molar-refractivity contribution in [2.24, 2.45) is 0 Å². The van der Waals surface area contributed by atoms with Gasteiger partial charge in [0.2, 0.25) is 5.95 Å². The first-order chi connectivity index (χ1) is 10.8. The lowest BCUT2D eigenvalue weighted by atomic mass is 10.1. The van der Waals surface area contributed by atoms with Gasteiger partial charge in [-0.3, -0.25) is 0 Å². The number of anilines is 3. The van der Waals surface area contributed by atoms with Crippen LogP contribution < -0.4 is 15.0 Å². The Bertz CT molecular complexity index is 644. The van der Waals surface area contributed by atoms with Crippen LogP contribution in [0.3, 0.4) is 0 Å². The molecule has 1 aromatic heterocycles. The number of hydrogen-bond donors (Lipinski definition) is 1. The van der Waals surface area contributed by atoms with Gasteiger partial charge in [0.15, 0.2) is 0 Å². The highest BCUT2D eigenvalue weighted by atomic mass is 35.5. The molecule has 0 atom stereocenters. The molecular formula is C16H19ClN4O. The second-order valence-corrected chi connectivity index (χ2v) is 5.69. The number of piperidine rings is 1. The summed E-state index contributed by atoms with van der Waals surface area (Å²) in [6, 6.07) is 7.36. The summed E-state index contributed by atoms with van der Waals surface area (Å²) in [5, 5.41) is 3.82. The molecule has 0 amide bonds. The molecule has 0 aliphatic carbocycles. The van der Waals surface area contributed by atoms with Crippen molar-refractivity contribution in [3.63, 3.8) is 0 Å². The Morgan fingerprint density at radius 2 is 2.00 bits per heavy atom. The van der Waals surface area contributed by atoms with Gasteiger partial charge in [-0.25, -0.2) is 4.98 Å². The van der Waals surface area contributed by atoms with Crippen LogP contribution in [0, 0.1) is 0 Å². The van der Waals surface area contributed by atoms with Crippen LogP contribution in [0.5, 0.6) is 5.75 Å². The van der Waals surface area contributed by atoms with E-state index >= 15 is 0 Å². The first-order valence-corrected chi connectivity index (χ1v) is 7.82. The number of aromatic nitrogens is 2. The monoisotopic (exact) mass is 318 g/mol. The van der Waals surface area contributed by atoms with Gasteiger partial charge in [0.05, 0.1) is 12.8 Å². The summed E-state index contributed by atoms with van der Waals surface area (Å²) in [7, 11) is 1.62. The molecule has 2 aromatic rings. The van der Waals surface area contributed by atoms with E-state index in [1.165, 1.54) is 19.3 Å². The van der Waals surface area contributed by atoms with Gasteiger partial charge in [0.1, 0.15) is 11.6 Å². The third kappa shape index (κ3) is 3.42. The van der Waals surface area contributed by atoms with E-state index in [4.69, 9.17) is 16.3 Å². The maximum absolute atomic E-state index is 6.05. The van der Waals surface area contributed by atoms with Crippen molar-refractivity contribution in [2.75, 3.05) is 30.4 Å². The number of halogens is 1. The van der Waals surface area contributed by atoms with Gasteiger partial charge in [-0.1, -0.05) is 11.6 Å². The number of rotatable bonds is 4. The second-order valence-electron chi connectivity index (χ2n) is 5.26. The minimum Gasteiger partial charge on any atom is -0.495 e. The van der Waals surface area contributed by atoms with Crippen LogP contribution in [0.1, 0.15) is 19.3 Å². The molecule has 1 aromatic carbocycles. The number of methoxy groups -OCH3 is 1. The van der Waals surface area contributed by atoms with E-state index in [-0.39, 0.29) is 0 Å². The highest BCUT2D eigenvalue weighted by Crippen LogP contribution is 2.30. The van der Waals surface area contributed by atoms with E-state index in [9.17, 15) is 0 Å². The summed E-state index contributed by atoms with van der Waals surface area (Å²) in [5.41, 5.74) is 0.755. The molecule has 6 heteroatoms. The highest BCUT2D eigenvalue weighted by molar-refractivity contribution is 6.30. The Balaban J connectivity index is 1.82. The maximum atomic E-state index is 6.05. The fraction of sp³-hybridized carbons (Fsp3) is 0.375. The molecule has 0 saturated carbocycles.